The van der Waals surface area contributed by atoms with Gasteiger partial charge in [0.25, 0.3) is 0 Å². The van der Waals surface area contributed by atoms with E-state index in [1.165, 1.54) is 0 Å². The first-order chi connectivity index (χ1) is 4.42. The molecule has 0 saturated heterocycles. The third kappa shape index (κ3) is 8.08. The standard InChI is InChI=1S/C5H13FNO2P/c1-7(2)4-5-9-10(3,6)8/h4-5H2,1-3H3. The van der Waals surface area contributed by atoms with Gasteiger partial charge >= 0.3 is 7.68 Å². The van der Waals surface area contributed by atoms with Crippen molar-refractivity contribution in [1.82, 2.24) is 4.90 Å². The molecule has 1 atom stereocenters. The summed E-state index contributed by atoms with van der Waals surface area (Å²) in [7, 11) is -0.0776. The van der Waals surface area contributed by atoms with Gasteiger partial charge in [-0.1, -0.05) is 0 Å². The fourth-order valence-corrected chi connectivity index (χ4v) is 0.794. The van der Waals surface area contributed by atoms with Crippen molar-refractivity contribution in [2.24, 2.45) is 0 Å². The lowest BCUT2D eigenvalue weighted by atomic mass is 10.6. The number of halogens is 1. The molecule has 0 aliphatic rings. The van der Waals surface area contributed by atoms with Crippen LogP contribution in [0.1, 0.15) is 0 Å². The molecule has 0 radical (unpaired) electrons. The summed E-state index contributed by atoms with van der Waals surface area (Å²) in [6.07, 6.45) is 0. The zero-order chi connectivity index (χ0) is 8.20. The second-order valence-electron chi connectivity index (χ2n) is 2.38. The molecule has 1 unspecified atom stereocenters. The molecule has 0 fully saturated rings. The van der Waals surface area contributed by atoms with Gasteiger partial charge < -0.3 is 9.42 Å². The van der Waals surface area contributed by atoms with Crippen molar-refractivity contribution in [1.29, 1.82) is 0 Å². The average molecular weight is 169 g/mol. The van der Waals surface area contributed by atoms with Crippen molar-refractivity contribution in [3.8, 4) is 0 Å². The van der Waals surface area contributed by atoms with E-state index < -0.39 is 7.68 Å². The number of rotatable bonds is 4. The van der Waals surface area contributed by atoms with Gasteiger partial charge in [0.2, 0.25) is 0 Å². The molecule has 0 amide bonds. The molecule has 0 aliphatic heterocycles. The Hall–Kier alpha value is 0.0800. The zero-order valence-electron chi connectivity index (χ0n) is 6.50. The third-order valence-electron chi connectivity index (χ3n) is 0.860. The Morgan fingerprint density at radius 3 is 2.40 bits per heavy atom. The molecule has 0 aromatic heterocycles. The van der Waals surface area contributed by atoms with E-state index in [0.29, 0.717) is 6.54 Å². The van der Waals surface area contributed by atoms with Gasteiger partial charge in [0.15, 0.2) is 0 Å². The largest absolute Gasteiger partial charge is 0.364 e. The van der Waals surface area contributed by atoms with Crippen molar-refractivity contribution in [3.63, 3.8) is 0 Å². The van der Waals surface area contributed by atoms with E-state index in [1.54, 1.807) is 0 Å². The highest BCUT2D eigenvalue weighted by Crippen LogP contribution is 2.43. The van der Waals surface area contributed by atoms with E-state index in [-0.39, 0.29) is 6.61 Å². The normalized spacial score (nSPS) is 17.3. The minimum Gasteiger partial charge on any atom is -0.307 e. The summed E-state index contributed by atoms with van der Waals surface area (Å²) in [5.74, 6) is 0. The van der Waals surface area contributed by atoms with Crippen LogP contribution in [-0.4, -0.2) is 38.8 Å². The third-order valence-corrected chi connectivity index (χ3v) is 1.50. The SMILES string of the molecule is CN(C)CCOP(C)(=O)F. The van der Waals surface area contributed by atoms with Gasteiger partial charge in [0.05, 0.1) is 6.61 Å². The molecule has 0 bridgehead atoms. The van der Waals surface area contributed by atoms with E-state index in [0.717, 1.165) is 6.66 Å². The van der Waals surface area contributed by atoms with Gasteiger partial charge in [0.1, 0.15) is 0 Å². The summed E-state index contributed by atoms with van der Waals surface area (Å²) in [6, 6.07) is 0. The van der Waals surface area contributed by atoms with Crippen LogP contribution in [0.25, 0.3) is 0 Å². The van der Waals surface area contributed by atoms with Crippen molar-refractivity contribution >= 4 is 7.68 Å². The highest BCUT2D eigenvalue weighted by molar-refractivity contribution is 7.52. The molecule has 0 heterocycles. The summed E-state index contributed by atoms with van der Waals surface area (Å²) < 4.78 is 26.8. The predicted molar refractivity (Wildman–Crippen MR) is 39.1 cm³/mol. The maximum Gasteiger partial charge on any atom is 0.364 e. The summed E-state index contributed by atoms with van der Waals surface area (Å²) in [5, 5.41) is 0. The van der Waals surface area contributed by atoms with E-state index >= 15 is 0 Å². The first-order valence-electron chi connectivity index (χ1n) is 2.98. The molecule has 5 heteroatoms. The van der Waals surface area contributed by atoms with Crippen LogP contribution in [0.15, 0.2) is 0 Å². The number of hydrogen-bond acceptors (Lipinski definition) is 3. The van der Waals surface area contributed by atoms with E-state index in [4.69, 9.17) is 0 Å². The molecule has 0 N–H and O–H groups in total. The van der Waals surface area contributed by atoms with Gasteiger partial charge in [-0.25, -0.2) is 0 Å². The smallest absolute Gasteiger partial charge is 0.307 e. The second-order valence-corrected chi connectivity index (χ2v) is 4.13. The van der Waals surface area contributed by atoms with Gasteiger partial charge in [-0.3, -0.25) is 4.57 Å². The van der Waals surface area contributed by atoms with E-state index in [9.17, 15) is 8.76 Å². The zero-order valence-corrected chi connectivity index (χ0v) is 7.40. The van der Waals surface area contributed by atoms with Crippen molar-refractivity contribution < 1.29 is 13.3 Å². The quantitative estimate of drug-likeness (QED) is 0.595. The Morgan fingerprint density at radius 1 is 1.60 bits per heavy atom. The van der Waals surface area contributed by atoms with Gasteiger partial charge in [-0.15, -0.1) is 0 Å². The molecule has 0 aromatic carbocycles. The Morgan fingerprint density at radius 2 is 2.10 bits per heavy atom. The van der Waals surface area contributed by atoms with Crippen LogP contribution in [0, 0.1) is 0 Å². The topological polar surface area (TPSA) is 29.5 Å². The number of likely N-dealkylation sites (N-methyl/N-ethyl adjacent to an activating group) is 1. The van der Waals surface area contributed by atoms with Crippen LogP contribution < -0.4 is 0 Å². The maximum absolute atomic E-state index is 12.2. The average Bonchev–Trinajstić information content (AvgIpc) is 1.59. The van der Waals surface area contributed by atoms with Gasteiger partial charge in [-0.2, -0.15) is 4.20 Å². The second kappa shape index (κ2) is 4.06. The molecule has 62 valence electrons. The minimum absolute atomic E-state index is 0.178. The fourth-order valence-electron chi connectivity index (χ4n) is 0.386. The number of hydrogen-bond donors (Lipinski definition) is 0. The highest BCUT2D eigenvalue weighted by atomic mass is 31.2. The first-order valence-corrected chi connectivity index (χ1v) is 4.94. The van der Waals surface area contributed by atoms with Crippen LogP contribution in [0.5, 0.6) is 0 Å². The molecule has 3 nitrogen and oxygen atoms in total. The first kappa shape index (κ1) is 10.1. The number of nitrogens with zero attached hydrogens (tertiary/aromatic N) is 1. The lowest BCUT2D eigenvalue weighted by Gasteiger charge is -2.09. The Labute approximate surface area is 60.7 Å². The van der Waals surface area contributed by atoms with E-state index in [1.807, 2.05) is 19.0 Å². The fraction of sp³-hybridized carbons (Fsp3) is 1.00. The van der Waals surface area contributed by atoms with Crippen molar-refractivity contribution in [2.75, 3.05) is 33.9 Å². The van der Waals surface area contributed by atoms with Crippen LogP contribution in [0.3, 0.4) is 0 Å². The molecular formula is C5H13FNO2P. The molecule has 0 aromatic rings. The van der Waals surface area contributed by atoms with Crippen LogP contribution in [-0.2, 0) is 9.09 Å². The highest BCUT2D eigenvalue weighted by Gasteiger charge is 2.11. The molecule has 0 rings (SSSR count). The summed E-state index contributed by atoms with van der Waals surface area (Å²) in [6.45, 7) is 1.72. The molecule has 0 aliphatic carbocycles. The monoisotopic (exact) mass is 169 g/mol. The van der Waals surface area contributed by atoms with Gasteiger partial charge in [0, 0.05) is 13.2 Å². The Balaban J connectivity index is 3.30. The molecule has 10 heavy (non-hydrogen) atoms. The van der Waals surface area contributed by atoms with Crippen LogP contribution >= 0.6 is 7.68 Å². The lowest BCUT2D eigenvalue weighted by Crippen LogP contribution is -2.16. The maximum atomic E-state index is 12.2. The lowest BCUT2D eigenvalue weighted by molar-refractivity contribution is 0.248. The van der Waals surface area contributed by atoms with Gasteiger partial charge in [-0.05, 0) is 14.1 Å². The summed E-state index contributed by atoms with van der Waals surface area (Å²) >= 11 is 0. The predicted octanol–water partition coefficient (Wildman–Crippen LogP) is 1.36. The summed E-state index contributed by atoms with van der Waals surface area (Å²) in [4.78, 5) is 1.83. The molecular weight excluding hydrogens is 156 g/mol. The van der Waals surface area contributed by atoms with Crippen LogP contribution in [0.2, 0.25) is 0 Å². The van der Waals surface area contributed by atoms with Crippen molar-refractivity contribution in [2.45, 2.75) is 0 Å². The van der Waals surface area contributed by atoms with Crippen LogP contribution in [0.4, 0.5) is 4.20 Å². The van der Waals surface area contributed by atoms with Crippen molar-refractivity contribution in [3.05, 3.63) is 0 Å². The van der Waals surface area contributed by atoms with E-state index in [2.05, 4.69) is 4.52 Å². The summed E-state index contributed by atoms with van der Waals surface area (Å²) in [5.41, 5.74) is 0. The Kier molecular flexibility index (Phi) is 4.09. The Bertz CT molecular complexity index is 134. The minimum atomic E-state index is -3.75. The molecule has 0 spiro atoms. The molecule has 0 saturated carbocycles.